The molecule has 0 saturated heterocycles. The molecule has 0 bridgehead atoms. The molecule has 0 heterocycles. The first-order chi connectivity index (χ1) is 8.31. The fourth-order valence-corrected chi connectivity index (χ4v) is 1.94. The molecule has 0 amide bonds. The molecule has 2 aromatic carbocycles. The van der Waals surface area contributed by atoms with Gasteiger partial charge in [0.05, 0.1) is 6.10 Å². The molecule has 0 aliphatic carbocycles. The summed E-state index contributed by atoms with van der Waals surface area (Å²) in [6.45, 7) is 1.85. The lowest BCUT2D eigenvalue weighted by molar-refractivity contribution is -0.273. The Balaban J connectivity index is 2.34. The zero-order chi connectivity index (χ0) is 12.1. The summed E-state index contributed by atoms with van der Waals surface area (Å²) in [5.74, 6) is 0. The minimum absolute atomic E-state index is 0.195. The van der Waals surface area contributed by atoms with Crippen LogP contribution in [0.25, 0.3) is 11.1 Å². The van der Waals surface area contributed by atoms with Gasteiger partial charge in [0.25, 0.3) is 0 Å². The van der Waals surface area contributed by atoms with Gasteiger partial charge in [-0.1, -0.05) is 54.6 Å². The van der Waals surface area contributed by atoms with Gasteiger partial charge in [0.2, 0.25) is 0 Å². The van der Waals surface area contributed by atoms with Gasteiger partial charge in [-0.05, 0) is 23.6 Å². The first-order valence-electron chi connectivity index (χ1n) is 5.75. The number of benzene rings is 2. The molecule has 0 radical (unpaired) electrons. The monoisotopic (exact) mass is 228 g/mol. The van der Waals surface area contributed by atoms with Gasteiger partial charge in [-0.25, -0.2) is 4.89 Å². The van der Waals surface area contributed by atoms with Gasteiger partial charge in [0.1, 0.15) is 0 Å². The Morgan fingerprint density at radius 3 is 2.35 bits per heavy atom. The van der Waals surface area contributed by atoms with E-state index in [1.807, 2.05) is 37.3 Å². The van der Waals surface area contributed by atoms with Crippen LogP contribution in [0, 0.1) is 0 Å². The van der Waals surface area contributed by atoms with Crippen LogP contribution in [0.2, 0.25) is 0 Å². The molecule has 0 saturated carbocycles. The lowest BCUT2D eigenvalue weighted by atomic mass is 9.96. The molecule has 1 atom stereocenters. The van der Waals surface area contributed by atoms with Crippen LogP contribution in [0.4, 0.5) is 0 Å². The Bertz CT molecular complexity index is 465. The van der Waals surface area contributed by atoms with Gasteiger partial charge in [0.15, 0.2) is 0 Å². The van der Waals surface area contributed by atoms with Crippen molar-refractivity contribution < 1.29 is 10.1 Å². The van der Waals surface area contributed by atoms with Gasteiger partial charge < -0.3 is 0 Å². The summed E-state index contributed by atoms with van der Waals surface area (Å²) >= 11 is 0. The van der Waals surface area contributed by atoms with Crippen molar-refractivity contribution in [2.24, 2.45) is 0 Å². The van der Waals surface area contributed by atoms with Crippen molar-refractivity contribution >= 4 is 0 Å². The molecular weight excluding hydrogens is 212 g/mol. The van der Waals surface area contributed by atoms with E-state index in [1.54, 1.807) is 0 Å². The summed E-state index contributed by atoms with van der Waals surface area (Å²) in [5.41, 5.74) is 3.56. The standard InChI is InChI=1S/C15H16O2/c1-12(17-16)11-14-9-5-6-10-15(14)13-7-3-2-4-8-13/h2-10,12,16H,11H2,1H3. The van der Waals surface area contributed by atoms with Crippen molar-refractivity contribution in [2.45, 2.75) is 19.4 Å². The van der Waals surface area contributed by atoms with Crippen molar-refractivity contribution in [3.63, 3.8) is 0 Å². The van der Waals surface area contributed by atoms with Crippen molar-refractivity contribution in [2.75, 3.05) is 0 Å². The summed E-state index contributed by atoms with van der Waals surface area (Å²) in [7, 11) is 0. The van der Waals surface area contributed by atoms with E-state index in [9.17, 15) is 0 Å². The van der Waals surface area contributed by atoms with Crippen LogP contribution in [0.15, 0.2) is 54.6 Å². The lowest BCUT2D eigenvalue weighted by Gasteiger charge is -2.12. The molecule has 0 fully saturated rings. The van der Waals surface area contributed by atoms with Crippen LogP contribution >= 0.6 is 0 Å². The molecule has 1 N–H and O–H groups in total. The van der Waals surface area contributed by atoms with E-state index in [1.165, 1.54) is 16.7 Å². The van der Waals surface area contributed by atoms with Crippen LogP contribution in [0.5, 0.6) is 0 Å². The largest absolute Gasteiger partial charge is 0.252 e. The van der Waals surface area contributed by atoms with E-state index in [0.29, 0.717) is 6.42 Å². The zero-order valence-electron chi connectivity index (χ0n) is 9.84. The van der Waals surface area contributed by atoms with Crippen LogP contribution in [0.1, 0.15) is 12.5 Å². The Morgan fingerprint density at radius 2 is 1.65 bits per heavy atom. The second-order valence-electron chi connectivity index (χ2n) is 4.14. The van der Waals surface area contributed by atoms with Crippen LogP contribution in [0.3, 0.4) is 0 Å². The summed E-state index contributed by atoms with van der Waals surface area (Å²) in [6, 6.07) is 18.4. The van der Waals surface area contributed by atoms with E-state index in [4.69, 9.17) is 5.26 Å². The molecule has 2 aromatic rings. The van der Waals surface area contributed by atoms with E-state index in [-0.39, 0.29) is 6.10 Å². The normalized spacial score (nSPS) is 12.4. The highest BCUT2D eigenvalue weighted by Gasteiger charge is 2.08. The number of hydrogen-bond donors (Lipinski definition) is 1. The lowest BCUT2D eigenvalue weighted by Crippen LogP contribution is -2.09. The summed E-state index contributed by atoms with van der Waals surface area (Å²) in [6.07, 6.45) is 0.501. The third-order valence-electron chi connectivity index (χ3n) is 2.79. The minimum atomic E-state index is -0.195. The second kappa shape index (κ2) is 5.62. The fraction of sp³-hybridized carbons (Fsp3) is 0.200. The van der Waals surface area contributed by atoms with E-state index >= 15 is 0 Å². The second-order valence-corrected chi connectivity index (χ2v) is 4.14. The van der Waals surface area contributed by atoms with Gasteiger partial charge in [-0.2, -0.15) is 0 Å². The van der Waals surface area contributed by atoms with Crippen LogP contribution < -0.4 is 0 Å². The molecular formula is C15H16O2. The predicted octanol–water partition coefficient (Wildman–Crippen LogP) is 3.77. The molecule has 2 rings (SSSR count). The Hall–Kier alpha value is -1.64. The average molecular weight is 228 g/mol. The van der Waals surface area contributed by atoms with Gasteiger partial charge in [-0.3, -0.25) is 5.26 Å². The van der Waals surface area contributed by atoms with E-state index in [2.05, 4.69) is 29.2 Å². The molecule has 17 heavy (non-hydrogen) atoms. The van der Waals surface area contributed by atoms with E-state index < -0.39 is 0 Å². The van der Waals surface area contributed by atoms with Crippen molar-refractivity contribution in [3.8, 4) is 11.1 Å². The molecule has 0 aliphatic heterocycles. The van der Waals surface area contributed by atoms with E-state index in [0.717, 1.165) is 0 Å². The molecule has 1 unspecified atom stereocenters. The van der Waals surface area contributed by atoms with Crippen molar-refractivity contribution in [1.29, 1.82) is 0 Å². The fourth-order valence-electron chi connectivity index (χ4n) is 1.94. The third kappa shape index (κ3) is 2.93. The highest BCUT2D eigenvalue weighted by molar-refractivity contribution is 5.67. The van der Waals surface area contributed by atoms with Crippen molar-refractivity contribution in [3.05, 3.63) is 60.2 Å². The third-order valence-corrected chi connectivity index (χ3v) is 2.79. The average Bonchev–Trinajstić information content (AvgIpc) is 2.40. The Morgan fingerprint density at radius 1 is 1.00 bits per heavy atom. The summed E-state index contributed by atoms with van der Waals surface area (Å²) in [5, 5.41) is 8.66. The smallest absolute Gasteiger partial charge is 0.0939 e. The maximum absolute atomic E-state index is 8.66. The zero-order valence-corrected chi connectivity index (χ0v) is 9.84. The summed E-state index contributed by atoms with van der Waals surface area (Å²) in [4.78, 5) is 4.34. The predicted molar refractivity (Wildman–Crippen MR) is 68.8 cm³/mol. The van der Waals surface area contributed by atoms with Crippen LogP contribution in [-0.2, 0) is 11.3 Å². The minimum Gasteiger partial charge on any atom is -0.252 e. The number of hydrogen-bond acceptors (Lipinski definition) is 2. The highest BCUT2D eigenvalue weighted by atomic mass is 17.1. The quantitative estimate of drug-likeness (QED) is 0.637. The van der Waals surface area contributed by atoms with Crippen LogP contribution in [-0.4, -0.2) is 11.4 Å². The molecule has 2 nitrogen and oxygen atoms in total. The topological polar surface area (TPSA) is 29.5 Å². The molecule has 0 spiro atoms. The van der Waals surface area contributed by atoms with Gasteiger partial charge >= 0.3 is 0 Å². The molecule has 88 valence electrons. The van der Waals surface area contributed by atoms with Crippen molar-refractivity contribution in [1.82, 2.24) is 0 Å². The molecule has 0 aliphatic rings. The number of rotatable bonds is 4. The summed E-state index contributed by atoms with van der Waals surface area (Å²) < 4.78 is 0. The SMILES string of the molecule is CC(Cc1ccccc1-c1ccccc1)OO. The Labute approximate surface area is 101 Å². The van der Waals surface area contributed by atoms with Gasteiger partial charge in [0, 0.05) is 6.42 Å². The maximum Gasteiger partial charge on any atom is 0.0939 e. The first-order valence-corrected chi connectivity index (χ1v) is 5.75. The highest BCUT2D eigenvalue weighted by Crippen LogP contribution is 2.24. The van der Waals surface area contributed by atoms with Gasteiger partial charge in [-0.15, -0.1) is 0 Å². The maximum atomic E-state index is 8.66. The first kappa shape index (κ1) is 11.8. The molecule has 2 heteroatoms. The Kier molecular flexibility index (Phi) is 3.91. The molecule has 0 aromatic heterocycles.